The van der Waals surface area contributed by atoms with Gasteiger partial charge in [-0.1, -0.05) is 158 Å². The van der Waals surface area contributed by atoms with Crippen LogP contribution in [-0.2, 0) is 0 Å². The number of hydrogen-bond acceptors (Lipinski definition) is 1. The molecule has 1 aliphatic carbocycles. The number of allylic oxidation sites excluding steroid dienone is 3. The molecule has 0 amide bonds. The van der Waals surface area contributed by atoms with Crippen LogP contribution in [0.4, 0.5) is 11.4 Å². The van der Waals surface area contributed by atoms with Gasteiger partial charge in [-0.25, -0.2) is 0 Å². The highest BCUT2D eigenvalue weighted by molar-refractivity contribution is 6.14. The Bertz CT molecular complexity index is 2830. The van der Waals surface area contributed by atoms with Crippen LogP contribution in [0, 0.1) is 0 Å². The third kappa shape index (κ3) is 5.01. The van der Waals surface area contributed by atoms with Crippen molar-refractivity contribution >= 4 is 65.2 Å². The first kappa shape index (κ1) is 29.5. The van der Waals surface area contributed by atoms with Gasteiger partial charge in [0, 0.05) is 22.7 Å². The summed E-state index contributed by atoms with van der Waals surface area (Å²) < 4.78 is 0. The quantitative estimate of drug-likeness (QED) is 0.168. The van der Waals surface area contributed by atoms with Gasteiger partial charge in [0.1, 0.15) is 0 Å². The molecule has 51 heavy (non-hydrogen) atoms. The van der Waals surface area contributed by atoms with Crippen LogP contribution in [0.2, 0.25) is 0 Å². The number of fused-ring (bicyclic) bond motifs is 7. The van der Waals surface area contributed by atoms with Crippen molar-refractivity contribution in [1.29, 1.82) is 0 Å². The zero-order valence-corrected chi connectivity index (χ0v) is 28.2. The molecule has 9 aromatic rings. The Hall–Kier alpha value is -6.44. The molecule has 9 aromatic carbocycles. The minimum atomic E-state index is 0.293. The molecule has 0 saturated carbocycles. The minimum absolute atomic E-state index is 0.293. The van der Waals surface area contributed by atoms with Crippen LogP contribution in [-0.4, -0.2) is 0 Å². The van der Waals surface area contributed by atoms with Crippen molar-refractivity contribution in [2.24, 2.45) is 0 Å². The highest BCUT2D eigenvalue weighted by Gasteiger charge is 2.21. The molecular formula is C50H35N. The molecule has 0 spiro atoms. The summed E-state index contributed by atoms with van der Waals surface area (Å²) in [6.45, 7) is 0. The van der Waals surface area contributed by atoms with Gasteiger partial charge < -0.3 is 4.90 Å². The molecule has 1 atom stereocenters. The summed E-state index contributed by atoms with van der Waals surface area (Å²) in [5.41, 5.74) is 7.38. The van der Waals surface area contributed by atoms with Crippen molar-refractivity contribution in [3.8, 4) is 11.1 Å². The van der Waals surface area contributed by atoms with Crippen LogP contribution in [0.15, 0.2) is 200 Å². The van der Waals surface area contributed by atoms with Crippen LogP contribution in [0.25, 0.3) is 65.0 Å². The molecular weight excluding hydrogens is 615 g/mol. The second kappa shape index (κ2) is 12.2. The number of hydrogen-bond donors (Lipinski definition) is 0. The molecule has 0 fully saturated rings. The van der Waals surface area contributed by atoms with Crippen molar-refractivity contribution in [3.05, 3.63) is 205 Å². The zero-order valence-electron chi connectivity index (χ0n) is 28.2. The van der Waals surface area contributed by atoms with Crippen molar-refractivity contribution in [2.75, 3.05) is 4.90 Å². The van der Waals surface area contributed by atoms with E-state index in [1.54, 1.807) is 0 Å². The Balaban J connectivity index is 1.07. The largest absolute Gasteiger partial charge is 0.310 e. The minimum Gasteiger partial charge on any atom is -0.310 e. The second-order valence-corrected chi connectivity index (χ2v) is 13.6. The first-order chi connectivity index (χ1) is 25.3. The van der Waals surface area contributed by atoms with Gasteiger partial charge in [0.05, 0.1) is 5.69 Å². The summed E-state index contributed by atoms with van der Waals surface area (Å²) >= 11 is 0. The molecule has 0 bridgehead atoms. The third-order valence-electron chi connectivity index (χ3n) is 10.7. The van der Waals surface area contributed by atoms with Crippen LogP contribution in [0.1, 0.15) is 17.9 Å². The average molecular weight is 650 g/mol. The lowest BCUT2D eigenvalue weighted by atomic mass is 9.86. The Morgan fingerprint density at radius 2 is 0.980 bits per heavy atom. The fraction of sp³-hybridized carbons (Fsp3) is 0.0400. The topological polar surface area (TPSA) is 3.24 Å². The summed E-state index contributed by atoms with van der Waals surface area (Å²) in [7, 11) is 0. The van der Waals surface area contributed by atoms with Gasteiger partial charge in [0.15, 0.2) is 0 Å². The maximum atomic E-state index is 2.44. The molecule has 1 nitrogen and oxygen atoms in total. The Morgan fingerprint density at radius 3 is 1.67 bits per heavy atom. The van der Waals surface area contributed by atoms with E-state index in [-0.39, 0.29) is 0 Å². The van der Waals surface area contributed by atoms with Gasteiger partial charge in [-0.05, 0) is 108 Å². The lowest BCUT2D eigenvalue weighted by Gasteiger charge is -2.30. The Kier molecular flexibility index (Phi) is 7.03. The maximum Gasteiger partial charge on any atom is 0.0539 e. The molecule has 10 rings (SSSR count). The summed E-state index contributed by atoms with van der Waals surface area (Å²) in [5, 5.41) is 12.9. The van der Waals surface area contributed by atoms with Crippen molar-refractivity contribution in [3.63, 3.8) is 0 Å². The van der Waals surface area contributed by atoms with E-state index in [9.17, 15) is 0 Å². The van der Waals surface area contributed by atoms with Crippen molar-refractivity contribution in [2.45, 2.75) is 12.3 Å². The van der Waals surface area contributed by atoms with Gasteiger partial charge in [-0.15, -0.1) is 0 Å². The molecule has 0 aromatic heterocycles. The predicted octanol–water partition coefficient (Wildman–Crippen LogP) is 13.9. The van der Waals surface area contributed by atoms with Gasteiger partial charge in [-0.3, -0.25) is 0 Å². The molecule has 0 heterocycles. The fourth-order valence-corrected chi connectivity index (χ4v) is 8.31. The maximum absolute atomic E-state index is 2.44. The first-order valence-electron chi connectivity index (χ1n) is 17.9. The molecule has 1 aliphatic rings. The van der Waals surface area contributed by atoms with E-state index in [4.69, 9.17) is 0 Å². The number of anilines is 2. The van der Waals surface area contributed by atoms with E-state index >= 15 is 0 Å². The van der Waals surface area contributed by atoms with E-state index in [0.717, 1.165) is 12.1 Å². The number of nitrogens with zero attached hydrogens (tertiary/aromatic N) is 1. The van der Waals surface area contributed by atoms with E-state index in [0.29, 0.717) is 5.92 Å². The van der Waals surface area contributed by atoms with Gasteiger partial charge in [0.25, 0.3) is 0 Å². The monoisotopic (exact) mass is 649 g/mol. The van der Waals surface area contributed by atoms with Crippen LogP contribution in [0.3, 0.4) is 0 Å². The second-order valence-electron chi connectivity index (χ2n) is 13.6. The van der Waals surface area contributed by atoms with Crippen molar-refractivity contribution < 1.29 is 0 Å². The highest BCUT2D eigenvalue weighted by Crippen LogP contribution is 2.42. The summed E-state index contributed by atoms with van der Waals surface area (Å²) in [4.78, 5) is 2.44. The lowest BCUT2D eigenvalue weighted by Crippen LogP contribution is -2.17. The van der Waals surface area contributed by atoms with Crippen LogP contribution < -0.4 is 4.90 Å². The number of benzene rings is 9. The zero-order chi connectivity index (χ0) is 33.7. The van der Waals surface area contributed by atoms with Gasteiger partial charge >= 0.3 is 0 Å². The SMILES string of the molecule is C1=C[C@@H](c2cc3ccccc3c3ccccc23)CC=C1N(c1ccc(-c2cc3ccccc3c3ccccc23)cc1)c1cccc2ccccc12. The highest BCUT2D eigenvalue weighted by atomic mass is 15.1. The van der Waals surface area contributed by atoms with E-state index in [1.165, 1.54) is 81.9 Å². The summed E-state index contributed by atoms with van der Waals surface area (Å²) in [6.07, 6.45) is 8.11. The van der Waals surface area contributed by atoms with Gasteiger partial charge in [0.2, 0.25) is 0 Å². The van der Waals surface area contributed by atoms with E-state index in [1.807, 2.05) is 0 Å². The number of rotatable bonds is 5. The molecule has 0 radical (unpaired) electrons. The third-order valence-corrected chi connectivity index (χ3v) is 10.7. The fourth-order valence-electron chi connectivity index (χ4n) is 8.31. The van der Waals surface area contributed by atoms with Gasteiger partial charge in [-0.2, -0.15) is 0 Å². The van der Waals surface area contributed by atoms with Crippen LogP contribution in [0.5, 0.6) is 0 Å². The molecule has 0 aliphatic heterocycles. The smallest absolute Gasteiger partial charge is 0.0539 e. The standard InChI is InChI=1S/C50H35N/c1-6-18-43-34(12-1)15-11-23-50(43)51(39-28-24-35(25-29-39)48-32-37-13-2-4-16-41(37)44-19-7-9-21-46(44)48)40-30-26-36(27-31-40)49-33-38-14-3-5-17-42(38)45-20-8-10-22-47(45)49/h1-26,28-33,36H,27H2/t36-/m1/s1. The molecule has 240 valence electrons. The molecule has 0 saturated heterocycles. The molecule has 1 heteroatoms. The predicted molar refractivity (Wildman–Crippen MR) is 219 cm³/mol. The first-order valence-corrected chi connectivity index (χ1v) is 17.9. The van der Waals surface area contributed by atoms with Crippen molar-refractivity contribution in [1.82, 2.24) is 0 Å². The van der Waals surface area contributed by atoms with E-state index in [2.05, 4.69) is 199 Å². The lowest BCUT2D eigenvalue weighted by molar-refractivity contribution is 0.849. The van der Waals surface area contributed by atoms with Crippen LogP contribution >= 0.6 is 0 Å². The molecule has 0 N–H and O–H groups in total. The normalized spacial score (nSPS) is 14.4. The Labute approximate surface area is 298 Å². The summed E-state index contributed by atoms with van der Waals surface area (Å²) in [5.74, 6) is 0.293. The molecule has 0 unspecified atom stereocenters. The Morgan fingerprint density at radius 1 is 0.431 bits per heavy atom. The summed E-state index contributed by atoms with van der Waals surface area (Å²) in [6, 6.07) is 64.4. The average Bonchev–Trinajstić information content (AvgIpc) is 3.21. The van der Waals surface area contributed by atoms with E-state index < -0.39 is 0 Å².